The van der Waals surface area contributed by atoms with E-state index in [9.17, 15) is 4.79 Å². The molecule has 0 aliphatic rings. The second kappa shape index (κ2) is 9.14. The normalized spacial score (nSPS) is 10.8. The van der Waals surface area contributed by atoms with Crippen LogP contribution in [0.3, 0.4) is 0 Å². The van der Waals surface area contributed by atoms with Gasteiger partial charge in [0.25, 0.3) is 5.91 Å². The molecular weight excluding hydrogens is 410 g/mol. The fraction of sp³-hybridized carbons (Fsp3) is 0.208. The lowest BCUT2D eigenvalue weighted by molar-refractivity contribution is 0.102. The number of benzene rings is 2. The quantitative estimate of drug-likeness (QED) is 0.404. The van der Waals surface area contributed by atoms with Crippen molar-refractivity contribution in [3.8, 4) is 22.1 Å². The maximum atomic E-state index is 13.0. The maximum Gasteiger partial charge on any atom is 0.255 e. The molecule has 0 saturated carbocycles. The van der Waals surface area contributed by atoms with Crippen LogP contribution < -0.4 is 14.8 Å². The summed E-state index contributed by atoms with van der Waals surface area (Å²) in [5, 5.41) is 3.89. The average molecular weight is 434 g/mol. The standard InChI is InChI=1S/C24H23N3O3S/c1-4-29-20-12-11-16(14-21(20)30-5-2)22(28)26-18-9-6-8-17(15(18)3)23-27-19-10-7-13-25-24(19)31-23/h6-14H,4-5H2,1-3H3,(H,26,28). The number of aromatic nitrogens is 2. The molecule has 31 heavy (non-hydrogen) atoms. The Morgan fingerprint density at radius 2 is 1.84 bits per heavy atom. The number of amides is 1. The Balaban J connectivity index is 1.62. The van der Waals surface area contributed by atoms with Gasteiger partial charge in [-0.3, -0.25) is 4.79 Å². The van der Waals surface area contributed by atoms with E-state index in [0.29, 0.717) is 30.3 Å². The van der Waals surface area contributed by atoms with Gasteiger partial charge in [0.2, 0.25) is 0 Å². The Labute approximate surface area is 184 Å². The summed E-state index contributed by atoms with van der Waals surface area (Å²) >= 11 is 1.54. The molecule has 0 bridgehead atoms. The lowest BCUT2D eigenvalue weighted by Crippen LogP contribution is -2.13. The number of thiazole rings is 1. The van der Waals surface area contributed by atoms with E-state index in [2.05, 4.69) is 10.3 Å². The van der Waals surface area contributed by atoms with Gasteiger partial charge < -0.3 is 14.8 Å². The van der Waals surface area contributed by atoms with Crippen molar-refractivity contribution in [1.29, 1.82) is 0 Å². The van der Waals surface area contributed by atoms with E-state index in [0.717, 1.165) is 32.2 Å². The van der Waals surface area contributed by atoms with Gasteiger partial charge in [0.1, 0.15) is 15.4 Å². The molecule has 4 rings (SSSR count). The maximum absolute atomic E-state index is 13.0. The molecule has 0 fully saturated rings. The molecule has 6 nitrogen and oxygen atoms in total. The minimum absolute atomic E-state index is 0.213. The lowest BCUT2D eigenvalue weighted by Gasteiger charge is -2.14. The van der Waals surface area contributed by atoms with Gasteiger partial charge >= 0.3 is 0 Å². The monoisotopic (exact) mass is 433 g/mol. The summed E-state index contributed by atoms with van der Waals surface area (Å²) in [6.45, 7) is 6.80. The van der Waals surface area contributed by atoms with Crippen molar-refractivity contribution >= 4 is 33.3 Å². The molecule has 0 radical (unpaired) electrons. The number of hydrogen-bond donors (Lipinski definition) is 1. The van der Waals surface area contributed by atoms with Crippen LogP contribution in [0.25, 0.3) is 20.9 Å². The zero-order chi connectivity index (χ0) is 21.8. The van der Waals surface area contributed by atoms with Crippen molar-refractivity contribution in [1.82, 2.24) is 9.97 Å². The van der Waals surface area contributed by atoms with E-state index in [-0.39, 0.29) is 5.91 Å². The first-order valence-electron chi connectivity index (χ1n) is 10.1. The second-order valence-corrected chi connectivity index (χ2v) is 7.78. The second-order valence-electron chi connectivity index (χ2n) is 6.81. The van der Waals surface area contributed by atoms with Crippen LogP contribution in [0.15, 0.2) is 54.7 Å². The molecule has 0 spiro atoms. The summed E-state index contributed by atoms with van der Waals surface area (Å²) in [5.41, 5.74) is 4.03. The summed E-state index contributed by atoms with van der Waals surface area (Å²) in [5.74, 6) is 0.975. The fourth-order valence-corrected chi connectivity index (χ4v) is 4.26. The first-order valence-corrected chi connectivity index (χ1v) is 10.9. The number of carbonyl (C=O) groups is 1. The van der Waals surface area contributed by atoms with Crippen molar-refractivity contribution in [2.45, 2.75) is 20.8 Å². The average Bonchev–Trinajstić information content (AvgIpc) is 3.20. The van der Waals surface area contributed by atoms with E-state index in [4.69, 9.17) is 14.5 Å². The summed E-state index contributed by atoms with van der Waals surface area (Å²) in [6, 6.07) is 14.9. The molecule has 1 amide bonds. The van der Waals surface area contributed by atoms with Gasteiger partial charge in [-0.2, -0.15) is 0 Å². The first kappa shape index (κ1) is 20.8. The van der Waals surface area contributed by atoms with Crippen LogP contribution in [-0.2, 0) is 0 Å². The van der Waals surface area contributed by atoms with Crippen LogP contribution >= 0.6 is 11.3 Å². The number of nitrogens with one attached hydrogen (secondary N) is 1. The zero-order valence-electron chi connectivity index (χ0n) is 17.6. The van der Waals surface area contributed by atoms with Crippen LogP contribution in [0.1, 0.15) is 29.8 Å². The summed E-state index contributed by atoms with van der Waals surface area (Å²) in [4.78, 5) is 22.9. The molecule has 4 aromatic rings. The third-order valence-electron chi connectivity index (χ3n) is 4.78. The molecule has 0 aliphatic heterocycles. The highest BCUT2D eigenvalue weighted by molar-refractivity contribution is 7.21. The molecule has 0 aliphatic carbocycles. The van der Waals surface area contributed by atoms with Gasteiger partial charge in [0, 0.05) is 23.0 Å². The molecule has 0 atom stereocenters. The molecule has 2 heterocycles. The van der Waals surface area contributed by atoms with Gasteiger partial charge in [0.05, 0.1) is 13.2 Å². The van der Waals surface area contributed by atoms with Gasteiger partial charge in [-0.15, -0.1) is 0 Å². The minimum Gasteiger partial charge on any atom is -0.490 e. The number of nitrogens with zero attached hydrogens (tertiary/aromatic N) is 2. The highest BCUT2D eigenvalue weighted by atomic mass is 32.1. The number of hydrogen-bond acceptors (Lipinski definition) is 6. The molecule has 1 N–H and O–H groups in total. The highest BCUT2D eigenvalue weighted by Gasteiger charge is 2.15. The molecule has 2 aromatic heterocycles. The van der Waals surface area contributed by atoms with Gasteiger partial charge in [-0.05, 0) is 62.7 Å². The number of pyridine rings is 1. The van der Waals surface area contributed by atoms with Crippen molar-refractivity contribution in [2.75, 3.05) is 18.5 Å². The zero-order valence-corrected chi connectivity index (χ0v) is 18.5. The smallest absolute Gasteiger partial charge is 0.255 e. The summed E-state index contributed by atoms with van der Waals surface area (Å²) < 4.78 is 11.2. The Bertz CT molecular complexity index is 1200. The number of ether oxygens (including phenoxy) is 2. The molecule has 0 saturated heterocycles. The Morgan fingerprint density at radius 1 is 1.03 bits per heavy atom. The van der Waals surface area contributed by atoms with Gasteiger partial charge in [0.15, 0.2) is 11.5 Å². The summed E-state index contributed by atoms with van der Waals surface area (Å²) in [7, 11) is 0. The topological polar surface area (TPSA) is 73.3 Å². The molecular formula is C24H23N3O3S. The predicted octanol–water partition coefficient (Wildman–Crippen LogP) is 5.72. The van der Waals surface area contributed by atoms with Gasteiger partial charge in [-0.1, -0.05) is 23.5 Å². The third-order valence-corrected chi connectivity index (χ3v) is 5.80. The number of carbonyl (C=O) groups excluding carboxylic acids is 1. The van der Waals surface area contributed by atoms with Crippen LogP contribution in [0.4, 0.5) is 5.69 Å². The molecule has 0 unspecified atom stereocenters. The Kier molecular flexibility index (Phi) is 6.13. The Morgan fingerprint density at radius 3 is 2.61 bits per heavy atom. The predicted molar refractivity (Wildman–Crippen MR) is 124 cm³/mol. The summed E-state index contributed by atoms with van der Waals surface area (Å²) in [6.07, 6.45) is 1.77. The molecule has 158 valence electrons. The largest absolute Gasteiger partial charge is 0.490 e. The first-order chi connectivity index (χ1) is 15.1. The van der Waals surface area contributed by atoms with Crippen LogP contribution in [0, 0.1) is 6.92 Å². The molecule has 7 heteroatoms. The van der Waals surface area contributed by atoms with Crippen LogP contribution in [0.2, 0.25) is 0 Å². The van der Waals surface area contributed by atoms with Crippen molar-refractivity contribution in [2.24, 2.45) is 0 Å². The van der Waals surface area contributed by atoms with E-state index in [1.165, 1.54) is 11.3 Å². The van der Waals surface area contributed by atoms with E-state index in [1.807, 2.05) is 51.1 Å². The van der Waals surface area contributed by atoms with E-state index >= 15 is 0 Å². The number of fused-ring (bicyclic) bond motifs is 1. The van der Waals surface area contributed by atoms with Crippen molar-refractivity contribution in [3.63, 3.8) is 0 Å². The van der Waals surface area contributed by atoms with E-state index in [1.54, 1.807) is 24.4 Å². The number of anilines is 1. The fourth-order valence-electron chi connectivity index (χ4n) is 3.27. The van der Waals surface area contributed by atoms with Gasteiger partial charge in [-0.25, -0.2) is 9.97 Å². The van der Waals surface area contributed by atoms with E-state index < -0.39 is 0 Å². The molecule has 2 aromatic carbocycles. The Hall–Kier alpha value is -3.45. The van der Waals surface area contributed by atoms with Crippen molar-refractivity contribution < 1.29 is 14.3 Å². The lowest BCUT2D eigenvalue weighted by atomic mass is 10.1. The third kappa shape index (κ3) is 4.36. The van der Waals surface area contributed by atoms with Crippen molar-refractivity contribution in [3.05, 3.63) is 65.9 Å². The minimum atomic E-state index is -0.213. The highest BCUT2D eigenvalue weighted by Crippen LogP contribution is 2.34. The number of rotatable bonds is 7. The van der Waals surface area contributed by atoms with Crippen LogP contribution in [-0.4, -0.2) is 29.1 Å². The SMILES string of the molecule is CCOc1ccc(C(=O)Nc2cccc(-c3nc4cccnc4s3)c2C)cc1OCC. The van der Waals surface area contributed by atoms with Crippen LogP contribution in [0.5, 0.6) is 11.5 Å².